The van der Waals surface area contributed by atoms with Gasteiger partial charge in [0.25, 0.3) is 11.1 Å². The topological polar surface area (TPSA) is 42.3 Å². The number of imide groups is 1. The summed E-state index contributed by atoms with van der Waals surface area (Å²) < 4.78 is 17.3. The Balaban J connectivity index is 1.51. The van der Waals surface area contributed by atoms with Gasteiger partial charge in [0.05, 0.1) is 17.0 Å². The van der Waals surface area contributed by atoms with E-state index in [1.165, 1.54) is 11.6 Å². The summed E-state index contributed by atoms with van der Waals surface area (Å²) >= 11 is 4.38. The first-order valence-electron chi connectivity index (χ1n) is 11.3. The number of carbonyl (C=O) groups is 2. The highest BCUT2D eigenvalue weighted by Gasteiger charge is 2.35. The third-order valence-corrected chi connectivity index (χ3v) is 7.54. The maximum Gasteiger partial charge on any atom is 0.293 e. The number of nitrogens with zero attached hydrogens (tertiary/aromatic N) is 2. The van der Waals surface area contributed by atoms with Gasteiger partial charge in [-0.05, 0) is 53.6 Å². The van der Waals surface area contributed by atoms with Crippen LogP contribution in [0.3, 0.4) is 0 Å². The molecule has 4 nitrogen and oxygen atoms in total. The number of carbonyl (C=O) groups excluding carboxylic acids is 2. The Bertz CT molecular complexity index is 1480. The maximum atomic E-state index is 14.1. The van der Waals surface area contributed by atoms with Gasteiger partial charge in [0.2, 0.25) is 0 Å². The molecule has 4 aromatic rings. The van der Waals surface area contributed by atoms with Crippen LogP contribution in [0.4, 0.5) is 9.18 Å². The molecular formula is C28H22BrFN2O2S. The smallest absolute Gasteiger partial charge is 0.293 e. The van der Waals surface area contributed by atoms with Crippen molar-refractivity contribution in [2.45, 2.75) is 26.4 Å². The van der Waals surface area contributed by atoms with Gasteiger partial charge in [-0.25, -0.2) is 4.39 Å². The Hall–Kier alpha value is -3.16. The Morgan fingerprint density at radius 2 is 1.69 bits per heavy atom. The van der Waals surface area contributed by atoms with Crippen molar-refractivity contribution >= 4 is 55.8 Å². The quantitative estimate of drug-likeness (QED) is 0.236. The summed E-state index contributed by atoms with van der Waals surface area (Å²) in [4.78, 5) is 27.2. The van der Waals surface area contributed by atoms with E-state index in [1.807, 2.05) is 30.5 Å². The van der Waals surface area contributed by atoms with E-state index in [4.69, 9.17) is 0 Å². The second-order valence-electron chi connectivity index (χ2n) is 8.36. The molecule has 0 unspecified atom stereocenters. The van der Waals surface area contributed by atoms with Crippen molar-refractivity contribution in [3.63, 3.8) is 0 Å². The van der Waals surface area contributed by atoms with Crippen molar-refractivity contribution in [1.82, 2.24) is 9.47 Å². The van der Waals surface area contributed by atoms with Gasteiger partial charge < -0.3 is 4.57 Å². The lowest BCUT2D eigenvalue weighted by molar-refractivity contribution is -0.123. The molecule has 0 N–H and O–H groups in total. The zero-order valence-electron chi connectivity index (χ0n) is 19.0. The fraction of sp³-hybridized carbons (Fsp3) is 0.143. The van der Waals surface area contributed by atoms with Crippen LogP contribution in [0.2, 0.25) is 0 Å². The van der Waals surface area contributed by atoms with Crippen molar-refractivity contribution in [1.29, 1.82) is 0 Å². The molecule has 0 spiro atoms. The van der Waals surface area contributed by atoms with Gasteiger partial charge in [-0.15, -0.1) is 0 Å². The molecule has 1 aromatic heterocycles. The molecule has 1 saturated heterocycles. The van der Waals surface area contributed by atoms with E-state index in [0.717, 1.165) is 49.6 Å². The van der Waals surface area contributed by atoms with E-state index in [1.54, 1.807) is 24.3 Å². The lowest BCUT2D eigenvalue weighted by Crippen LogP contribution is -2.27. The monoisotopic (exact) mass is 548 g/mol. The average Bonchev–Trinajstić information content (AvgIpc) is 3.33. The first-order chi connectivity index (χ1) is 16.9. The minimum Gasteiger partial charge on any atom is -0.342 e. The zero-order chi connectivity index (χ0) is 24.5. The van der Waals surface area contributed by atoms with E-state index in [-0.39, 0.29) is 6.54 Å². The molecule has 0 saturated carbocycles. The summed E-state index contributed by atoms with van der Waals surface area (Å²) in [6.07, 6.45) is 4.70. The molecule has 0 radical (unpaired) electrons. The van der Waals surface area contributed by atoms with Gasteiger partial charge in [-0.3, -0.25) is 14.5 Å². The first kappa shape index (κ1) is 23.6. The Morgan fingerprint density at radius 1 is 0.943 bits per heavy atom. The molecule has 1 aliphatic heterocycles. The Labute approximate surface area is 215 Å². The van der Waals surface area contributed by atoms with Gasteiger partial charge in [0.1, 0.15) is 5.82 Å². The molecule has 0 aliphatic carbocycles. The molecule has 1 aliphatic rings. The number of amides is 2. The highest BCUT2D eigenvalue weighted by atomic mass is 79.9. The number of para-hydroxylation sites is 1. The summed E-state index contributed by atoms with van der Waals surface area (Å²) in [6.45, 7) is 2.73. The summed E-state index contributed by atoms with van der Waals surface area (Å²) in [6, 6.07) is 20.6. The molecule has 0 atom stereocenters. The average molecular weight is 549 g/mol. The van der Waals surface area contributed by atoms with Crippen molar-refractivity contribution in [3.05, 3.63) is 110 Å². The third-order valence-electron chi connectivity index (χ3n) is 6.11. The number of benzene rings is 3. The lowest BCUT2D eigenvalue weighted by atomic mass is 10.1. The van der Waals surface area contributed by atoms with E-state index in [9.17, 15) is 14.0 Å². The number of halogens is 2. The fourth-order valence-corrected chi connectivity index (χ4v) is 5.44. The van der Waals surface area contributed by atoms with Crippen LogP contribution < -0.4 is 0 Å². The molecule has 1 fully saturated rings. The minimum absolute atomic E-state index is 0.0833. The summed E-state index contributed by atoms with van der Waals surface area (Å²) in [7, 11) is 0. The molecule has 35 heavy (non-hydrogen) atoms. The second-order valence-corrected chi connectivity index (χ2v) is 10.3. The molecule has 0 bridgehead atoms. The van der Waals surface area contributed by atoms with Crippen LogP contribution in [0.1, 0.15) is 29.2 Å². The number of aryl methyl sites for hydroxylation is 1. The molecule has 5 rings (SSSR count). The van der Waals surface area contributed by atoms with Crippen molar-refractivity contribution in [2.24, 2.45) is 0 Å². The SMILES string of the molecule is CCc1cccc2c(/C=C3\SC(=O)N(Cc4ccccc4F)C3=O)cn(Cc3ccc(Br)cc3)c12. The molecule has 2 amide bonds. The Morgan fingerprint density at radius 3 is 2.43 bits per heavy atom. The highest BCUT2D eigenvalue weighted by molar-refractivity contribution is 9.10. The predicted molar refractivity (Wildman–Crippen MR) is 142 cm³/mol. The van der Waals surface area contributed by atoms with Crippen LogP contribution in [-0.4, -0.2) is 20.6 Å². The summed E-state index contributed by atoms with van der Waals surface area (Å²) in [5.41, 5.74) is 4.69. The molecule has 2 heterocycles. The fourth-order valence-electron chi connectivity index (χ4n) is 4.35. The lowest BCUT2D eigenvalue weighted by Gasteiger charge is -2.12. The number of aromatic nitrogens is 1. The molecule has 7 heteroatoms. The number of fused-ring (bicyclic) bond motifs is 1. The number of hydrogen-bond acceptors (Lipinski definition) is 3. The first-order valence-corrected chi connectivity index (χ1v) is 12.9. The Kier molecular flexibility index (Phi) is 6.62. The van der Waals surface area contributed by atoms with E-state index < -0.39 is 17.0 Å². The normalized spacial score (nSPS) is 15.1. The second kappa shape index (κ2) is 9.84. The highest BCUT2D eigenvalue weighted by Crippen LogP contribution is 2.36. The van der Waals surface area contributed by atoms with Gasteiger partial charge in [-0.1, -0.05) is 71.4 Å². The van der Waals surface area contributed by atoms with Gasteiger partial charge in [-0.2, -0.15) is 0 Å². The number of hydrogen-bond donors (Lipinski definition) is 0. The standard InChI is InChI=1S/C28H22BrFN2O2S/c1-2-19-7-5-8-23-21(16-31(26(19)23)15-18-10-12-22(29)13-11-18)14-25-27(33)32(28(34)35-25)17-20-6-3-4-9-24(20)30/h3-14,16H,2,15,17H2,1H3/b25-14-. The predicted octanol–water partition coefficient (Wildman–Crippen LogP) is 7.39. The van der Waals surface area contributed by atoms with Crippen molar-refractivity contribution < 1.29 is 14.0 Å². The largest absolute Gasteiger partial charge is 0.342 e. The van der Waals surface area contributed by atoms with Gasteiger partial charge >= 0.3 is 0 Å². The third kappa shape index (κ3) is 4.70. The van der Waals surface area contributed by atoms with Crippen molar-refractivity contribution in [2.75, 3.05) is 0 Å². The van der Waals surface area contributed by atoms with Crippen LogP contribution in [0, 0.1) is 5.82 Å². The van der Waals surface area contributed by atoms with Gasteiger partial charge in [0.15, 0.2) is 0 Å². The number of rotatable bonds is 6. The van der Waals surface area contributed by atoms with E-state index in [0.29, 0.717) is 17.0 Å². The molecule has 3 aromatic carbocycles. The van der Waals surface area contributed by atoms with Gasteiger partial charge in [0, 0.05) is 33.7 Å². The van der Waals surface area contributed by atoms with Crippen molar-refractivity contribution in [3.8, 4) is 0 Å². The molecular weight excluding hydrogens is 527 g/mol. The summed E-state index contributed by atoms with van der Waals surface area (Å²) in [5, 5.41) is 0.639. The van der Waals surface area contributed by atoms with E-state index >= 15 is 0 Å². The van der Waals surface area contributed by atoms with Crippen LogP contribution in [0.15, 0.2) is 82.3 Å². The minimum atomic E-state index is -0.432. The maximum absolute atomic E-state index is 14.1. The van der Waals surface area contributed by atoms with Crippen LogP contribution in [0.25, 0.3) is 17.0 Å². The van der Waals surface area contributed by atoms with Crippen LogP contribution >= 0.6 is 27.7 Å². The zero-order valence-corrected chi connectivity index (χ0v) is 21.4. The number of thioether (sulfide) groups is 1. The van der Waals surface area contributed by atoms with Crippen LogP contribution in [0.5, 0.6) is 0 Å². The van der Waals surface area contributed by atoms with Crippen LogP contribution in [-0.2, 0) is 24.3 Å². The molecule has 176 valence electrons. The van der Waals surface area contributed by atoms with E-state index in [2.05, 4.69) is 45.6 Å². The summed E-state index contributed by atoms with van der Waals surface area (Å²) in [5.74, 6) is -0.831.